The van der Waals surface area contributed by atoms with E-state index >= 15 is 0 Å². The highest BCUT2D eigenvalue weighted by atomic mass is 35.5. The molecule has 1 aliphatic rings. The highest BCUT2D eigenvalue weighted by Gasteiger charge is 2.23. The van der Waals surface area contributed by atoms with E-state index in [9.17, 15) is 0 Å². The molecule has 0 saturated carbocycles. The van der Waals surface area contributed by atoms with E-state index in [4.69, 9.17) is 16.3 Å². The minimum Gasteiger partial charge on any atom is -0.381 e. The zero-order chi connectivity index (χ0) is 13.4. The smallest absolute Gasteiger partial charge is 0.255 e. The lowest BCUT2D eigenvalue weighted by molar-refractivity contribution is 0.0852. The molecule has 102 valence electrons. The van der Waals surface area contributed by atoms with Gasteiger partial charge in [-0.2, -0.15) is 19.6 Å². The summed E-state index contributed by atoms with van der Waals surface area (Å²) < 4.78 is 7.16. The molecule has 7 heteroatoms. The monoisotopic (exact) mass is 281 g/mol. The lowest BCUT2D eigenvalue weighted by Crippen LogP contribution is -2.38. The third-order valence-electron chi connectivity index (χ3n) is 3.65. The topological polar surface area (TPSA) is 55.5 Å². The second-order valence-electron chi connectivity index (χ2n) is 4.78. The molecule has 0 spiro atoms. The molecule has 19 heavy (non-hydrogen) atoms. The Hall–Kier alpha value is -1.40. The first-order valence-electron chi connectivity index (χ1n) is 6.35. The fourth-order valence-electron chi connectivity index (χ4n) is 2.54. The van der Waals surface area contributed by atoms with Crippen LogP contribution in [0.3, 0.4) is 0 Å². The lowest BCUT2D eigenvalue weighted by atomic mass is 10.1. The molecule has 0 aliphatic carbocycles. The molecule has 0 radical (unpaired) electrons. The first-order valence-corrected chi connectivity index (χ1v) is 6.72. The van der Waals surface area contributed by atoms with Gasteiger partial charge in [-0.05, 0) is 19.8 Å². The Morgan fingerprint density at radius 3 is 2.89 bits per heavy atom. The average Bonchev–Trinajstić information content (AvgIpc) is 2.88. The maximum absolute atomic E-state index is 6.19. The van der Waals surface area contributed by atoms with E-state index in [1.54, 1.807) is 4.52 Å². The van der Waals surface area contributed by atoms with E-state index in [0.717, 1.165) is 37.4 Å². The van der Waals surface area contributed by atoms with Crippen molar-refractivity contribution in [2.45, 2.75) is 25.8 Å². The second-order valence-corrected chi connectivity index (χ2v) is 5.14. The zero-order valence-electron chi connectivity index (χ0n) is 11.0. The summed E-state index contributed by atoms with van der Waals surface area (Å²) in [5.74, 6) is 1.49. The summed E-state index contributed by atoms with van der Waals surface area (Å²) in [5, 5.41) is 4.73. The Kier molecular flexibility index (Phi) is 3.28. The molecular weight excluding hydrogens is 266 g/mol. The molecule has 0 N–H and O–H groups in total. The molecule has 0 atom stereocenters. The van der Waals surface area contributed by atoms with Crippen LogP contribution in [0.25, 0.3) is 5.78 Å². The van der Waals surface area contributed by atoms with E-state index in [2.05, 4.69) is 27.0 Å². The SMILES string of the molecule is Cc1c(Cl)nc2ncnn2c1N(C)C1CCOCC1. The maximum atomic E-state index is 6.19. The molecule has 3 heterocycles. The van der Waals surface area contributed by atoms with Crippen LogP contribution in [0.4, 0.5) is 5.82 Å². The van der Waals surface area contributed by atoms with Crippen molar-refractivity contribution in [2.75, 3.05) is 25.2 Å². The first-order chi connectivity index (χ1) is 9.18. The lowest BCUT2D eigenvalue weighted by Gasteiger charge is -2.33. The van der Waals surface area contributed by atoms with Crippen molar-refractivity contribution in [3.05, 3.63) is 17.0 Å². The fourth-order valence-corrected chi connectivity index (χ4v) is 2.70. The van der Waals surface area contributed by atoms with Crippen molar-refractivity contribution in [3.8, 4) is 0 Å². The summed E-state index contributed by atoms with van der Waals surface area (Å²) in [6.45, 7) is 3.56. The van der Waals surface area contributed by atoms with Crippen molar-refractivity contribution >= 4 is 23.2 Å². The predicted octanol–water partition coefficient (Wildman–Crippen LogP) is 1.70. The number of nitrogens with zero attached hydrogens (tertiary/aromatic N) is 5. The Balaban J connectivity index is 2.07. The van der Waals surface area contributed by atoms with E-state index in [1.165, 1.54) is 6.33 Å². The third-order valence-corrected chi connectivity index (χ3v) is 4.01. The zero-order valence-corrected chi connectivity index (χ0v) is 11.8. The summed E-state index contributed by atoms with van der Waals surface area (Å²) in [7, 11) is 2.07. The van der Waals surface area contributed by atoms with E-state index in [0.29, 0.717) is 17.0 Å². The number of ether oxygens (including phenoxy) is 1. The van der Waals surface area contributed by atoms with Crippen LogP contribution in [0.1, 0.15) is 18.4 Å². The van der Waals surface area contributed by atoms with Gasteiger partial charge in [0.05, 0.1) is 0 Å². The molecule has 0 bridgehead atoms. The standard InChI is InChI=1S/C12H16ClN5O/c1-8-10(13)16-12-14-7-15-18(12)11(8)17(2)9-3-5-19-6-4-9/h7,9H,3-6H2,1-2H3. The molecule has 2 aromatic rings. The van der Waals surface area contributed by atoms with Crippen LogP contribution in [0.5, 0.6) is 0 Å². The number of rotatable bonds is 2. The van der Waals surface area contributed by atoms with Crippen molar-refractivity contribution < 1.29 is 4.74 Å². The average molecular weight is 282 g/mol. The van der Waals surface area contributed by atoms with Crippen molar-refractivity contribution in [1.82, 2.24) is 19.6 Å². The summed E-state index contributed by atoms with van der Waals surface area (Å²) in [5.41, 5.74) is 0.925. The largest absolute Gasteiger partial charge is 0.381 e. The van der Waals surface area contributed by atoms with Gasteiger partial charge in [0.2, 0.25) is 0 Å². The van der Waals surface area contributed by atoms with Crippen molar-refractivity contribution in [3.63, 3.8) is 0 Å². The molecule has 2 aromatic heterocycles. The summed E-state index contributed by atoms with van der Waals surface area (Å²) >= 11 is 6.19. The molecule has 1 fully saturated rings. The van der Waals surface area contributed by atoms with Gasteiger partial charge in [0.15, 0.2) is 0 Å². The van der Waals surface area contributed by atoms with Gasteiger partial charge in [0, 0.05) is 31.9 Å². The predicted molar refractivity (Wildman–Crippen MR) is 72.8 cm³/mol. The van der Waals surface area contributed by atoms with Crippen LogP contribution >= 0.6 is 11.6 Å². The summed E-state index contributed by atoms with van der Waals surface area (Å²) in [6.07, 6.45) is 3.51. The fraction of sp³-hybridized carbons (Fsp3) is 0.583. The Labute approximate surface area is 116 Å². The van der Waals surface area contributed by atoms with Gasteiger partial charge >= 0.3 is 0 Å². The number of hydrogen-bond acceptors (Lipinski definition) is 5. The number of fused-ring (bicyclic) bond motifs is 1. The molecular formula is C12H16ClN5O. The Morgan fingerprint density at radius 2 is 2.16 bits per heavy atom. The first kappa shape index (κ1) is 12.6. The highest BCUT2D eigenvalue weighted by molar-refractivity contribution is 6.30. The number of aromatic nitrogens is 4. The van der Waals surface area contributed by atoms with Crippen LogP contribution in [0.15, 0.2) is 6.33 Å². The molecule has 0 aromatic carbocycles. The van der Waals surface area contributed by atoms with Crippen LogP contribution in [-0.4, -0.2) is 45.9 Å². The molecule has 1 saturated heterocycles. The summed E-state index contributed by atoms with van der Waals surface area (Å²) in [6, 6.07) is 0.429. The molecule has 3 rings (SSSR count). The third kappa shape index (κ3) is 2.15. The van der Waals surface area contributed by atoms with Gasteiger partial charge in [0.1, 0.15) is 17.3 Å². The van der Waals surface area contributed by atoms with Crippen LogP contribution < -0.4 is 4.90 Å². The van der Waals surface area contributed by atoms with Gasteiger partial charge < -0.3 is 9.64 Å². The Bertz CT molecular complexity index is 593. The summed E-state index contributed by atoms with van der Waals surface area (Å²) in [4.78, 5) is 10.6. The van der Waals surface area contributed by atoms with Crippen LogP contribution in [0, 0.1) is 6.92 Å². The minimum atomic E-state index is 0.429. The highest BCUT2D eigenvalue weighted by Crippen LogP contribution is 2.28. The Morgan fingerprint density at radius 1 is 1.42 bits per heavy atom. The molecule has 0 unspecified atom stereocenters. The van der Waals surface area contributed by atoms with E-state index < -0.39 is 0 Å². The van der Waals surface area contributed by atoms with Gasteiger partial charge in [-0.3, -0.25) is 0 Å². The minimum absolute atomic E-state index is 0.429. The maximum Gasteiger partial charge on any atom is 0.255 e. The molecule has 0 amide bonds. The number of anilines is 1. The van der Waals surface area contributed by atoms with E-state index in [-0.39, 0.29) is 0 Å². The normalized spacial score (nSPS) is 17.0. The molecule has 1 aliphatic heterocycles. The van der Waals surface area contributed by atoms with Crippen LogP contribution in [-0.2, 0) is 4.74 Å². The van der Waals surface area contributed by atoms with Crippen molar-refractivity contribution in [1.29, 1.82) is 0 Å². The second kappa shape index (κ2) is 4.94. The van der Waals surface area contributed by atoms with E-state index in [1.807, 2.05) is 6.92 Å². The van der Waals surface area contributed by atoms with Gasteiger partial charge in [0.25, 0.3) is 5.78 Å². The van der Waals surface area contributed by atoms with Crippen molar-refractivity contribution in [2.24, 2.45) is 0 Å². The van der Waals surface area contributed by atoms with Gasteiger partial charge in [-0.15, -0.1) is 0 Å². The quantitative estimate of drug-likeness (QED) is 0.784. The van der Waals surface area contributed by atoms with Gasteiger partial charge in [-0.25, -0.2) is 0 Å². The van der Waals surface area contributed by atoms with Crippen LogP contribution in [0.2, 0.25) is 5.15 Å². The molecule has 6 nitrogen and oxygen atoms in total. The number of hydrogen-bond donors (Lipinski definition) is 0. The van der Waals surface area contributed by atoms with Gasteiger partial charge in [-0.1, -0.05) is 11.6 Å². The number of halogens is 1.